The molecule has 0 saturated carbocycles. The first-order chi connectivity index (χ1) is 11.3. The lowest BCUT2D eigenvalue weighted by Crippen LogP contribution is -2.31. The van der Waals surface area contributed by atoms with Crippen LogP contribution in [0.2, 0.25) is 0 Å². The molecule has 8 heteroatoms. The van der Waals surface area contributed by atoms with E-state index in [0.717, 1.165) is 24.2 Å². The summed E-state index contributed by atoms with van der Waals surface area (Å²) in [7, 11) is 0. The summed E-state index contributed by atoms with van der Waals surface area (Å²) in [6.45, 7) is 2.64. The molecule has 1 atom stereocenters. The number of hydrogen-bond acceptors (Lipinski definition) is 3. The smallest absolute Gasteiger partial charge is 0.425 e. The van der Waals surface area contributed by atoms with Crippen LogP contribution in [0.4, 0.5) is 17.6 Å². The van der Waals surface area contributed by atoms with Gasteiger partial charge in [0, 0.05) is 23.7 Å². The molecule has 0 bridgehead atoms. The van der Waals surface area contributed by atoms with Crippen LogP contribution in [0.1, 0.15) is 12.6 Å². The minimum Gasteiger partial charge on any atom is -0.463 e. The van der Waals surface area contributed by atoms with Crippen LogP contribution in [0.3, 0.4) is 0 Å². The van der Waals surface area contributed by atoms with Crippen LogP contribution in [-0.2, 0) is 0 Å². The molecule has 0 N–H and O–H groups in total. The van der Waals surface area contributed by atoms with Crippen LogP contribution in [0.5, 0.6) is 5.88 Å². The summed E-state index contributed by atoms with van der Waals surface area (Å²) in [5, 5.41) is 4.14. The van der Waals surface area contributed by atoms with E-state index in [9.17, 15) is 17.6 Å². The Kier molecular flexibility index (Phi) is 3.90. The molecule has 126 valence electrons. The summed E-state index contributed by atoms with van der Waals surface area (Å²) >= 11 is 0. The van der Waals surface area contributed by atoms with E-state index >= 15 is 0 Å². The monoisotopic (exact) mass is 339 g/mol. The Balaban J connectivity index is 1.93. The molecule has 4 nitrogen and oxygen atoms in total. The molecule has 3 heterocycles. The number of fused-ring (bicyclic) bond motifs is 1. The van der Waals surface area contributed by atoms with Gasteiger partial charge in [-0.15, -0.1) is 0 Å². The van der Waals surface area contributed by atoms with Gasteiger partial charge in [-0.3, -0.25) is 0 Å². The Morgan fingerprint density at radius 2 is 1.92 bits per heavy atom. The zero-order chi connectivity index (χ0) is 17.5. The van der Waals surface area contributed by atoms with Gasteiger partial charge in [-0.2, -0.15) is 18.3 Å². The first-order valence-electron chi connectivity index (χ1n) is 7.09. The van der Waals surface area contributed by atoms with Crippen molar-refractivity contribution in [3.8, 4) is 17.0 Å². The average molecular weight is 339 g/mol. The lowest BCUT2D eigenvalue weighted by atomic mass is 10.1. The zero-order valence-electron chi connectivity index (χ0n) is 12.8. The van der Waals surface area contributed by atoms with E-state index in [-0.39, 0.29) is 0 Å². The van der Waals surface area contributed by atoms with Crippen LogP contribution in [0, 0.1) is 12.7 Å². The highest BCUT2D eigenvalue weighted by atomic mass is 19.4. The van der Waals surface area contributed by atoms with E-state index in [1.807, 2.05) is 6.92 Å². The molecule has 0 unspecified atom stereocenters. The molecule has 0 amide bonds. The van der Waals surface area contributed by atoms with Crippen LogP contribution < -0.4 is 4.74 Å². The first kappa shape index (κ1) is 16.2. The first-order valence-corrected chi connectivity index (χ1v) is 7.09. The Labute approximate surface area is 134 Å². The molecule has 3 aromatic heterocycles. The quantitative estimate of drug-likeness (QED) is 0.672. The van der Waals surface area contributed by atoms with Crippen molar-refractivity contribution < 1.29 is 22.3 Å². The molecule has 3 aromatic rings. The Morgan fingerprint density at radius 1 is 1.17 bits per heavy atom. The highest BCUT2D eigenvalue weighted by Crippen LogP contribution is 2.28. The average Bonchev–Trinajstić information content (AvgIpc) is 2.97. The fourth-order valence-corrected chi connectivity index (χ4v) is 2.28. The van der Waals surface area contributed by atoms with Crippen molar-refractivity contribution in [1.29, 1.82) is 0 Å². The molecule has 0 fully saturated rings. The van der Waals surface area contributed by atoms with E-state index in [4.69, 9.17) is 0 Å². The molecule has 0 aliphatic rings. The number of hydrogen-bond donors (Lipinski definition) is 0. The van der Waals surface area contributed by atoms with Crippen LogP contribution in [0.25, 0.3) is 16.6 Å². The minimum atomic E-state index is -4.59. The normalized spacial score (nSPS) is 13.2. The molecule has 3 rings (SSSR count). The van der Waals surface area contributed by atoms with Gasteiger partial charge in [0.15, 0.2) is 11.9 Å². The number of pyridine rings is 2. The third kappa shape index (κ3) is 3.04. The lowest BCUT2D eigenvalue weighted by molar-refractivity contribution is -0.190. The molecule has 0 aromatic carbocycles. The maximum absolute atomic E-state index is 14.1. The molecule has 0 spiro atoms. The molecular formula is C16H13F4N3O. The van der Waals surface area contributed by atoms with Crippen LogP contribution in [-0.4, -0.2) is 26.9 Å². The van der Waals surface area contributed by atoms with E-state index in [1.165, 1.54) is 6.20 Å². The molecule has 0 aliphatic heterocycles. The zero-order valence-corrected chi connectivity index (χ0v) is 12.8. The number of ether oxygens (including phenoxy) is 1. The van der Waals surface area contributed by atoms with E-state index in [0.29, 0.717) is 11.1 Å². The predicted molar refractivity (Wildman–Crippen MR) is 79.3 cm³/mol. The fraction of sp³-hybridized carbons (Fsp3) is 0.250. The summed E-state index contributed by atoms with van der Waals surface area (Å²) < 4.78 is 57.8. The Hall–Kier alpha value is -2.64. The number of halogens is 4. The van der Waals surface area contributed by atoms with Gasteiger partial charge in [0.1, 0.15) is 0 Å². The molecule has 0 aliphatic carbocycles. The van der Waals surface area contributed by atoms with E-state index in [1.54, 1.807) is 28.9 Å². The minimum absolute atomic E-state index is 0.436. The van der Waals surface area contributed by atoms with Gasteiger partial charge >= 0.3 is 6.18 Å². The molecular weight excluding hydrogens is 326 g/mol. The molecule has 0 radical (unpaired) electrons. The van der Waals surface area contributed by atoms with Crippen molar-refractivity contribution in [2.75, 3.05) is 0 Å². The van der Waals surface area contributed by atoms with Gasteiger partial charge in [-0.25, -0.2) is 13.9 Å². The summed E-state index contributed by atoms with van der Waals surface area (Å²) in [4.78, 5) is 3.69. The summed E-state index contributed by atoms with van der Waals surface area (Å²) in [6, 6.07) is 6.47. The largest absolute Gasteiger partial charge is 0.463 e. The standard InChI is InChI=1S/C16H13F4N3O/c1-9-5-11(6-13-3-4-22-23(9)13)12-7-14(17)15(21-8-12)24-10(2)16(18,19)20/h3-8,10H,1-2H3/t10-/m1/s1. The third-order valence-electron chi connectivity index (χ3n) is 3.56. The van der Waals surface area contributed by atoms with Crippen LogP contribution >= 0.6 is 0 Å². The van der Waals surface area contributed by atoms with Gasteiger partial charge in [-0.1, -0.05) is 0 Å². The van der Waals surface area contributed by atoms with Gasteiger partial charge < -0.3 is 4.74 Å². The second-order valence-electron chi connectivity index (χ2n) is 5.37. The van der Waals surface area contributed by atoms with E-state index in [2.05, 4.69) is 14.8 Å². The topological polar surface area (TPSA) is 39.4 Å². The number of nitrogens with zero attached hydrogens (tertiary/aromatic N) is 3. The third-order valence-corrected chi connectivity index (χ3v) is 3.56. The SMILES string of the molecule is Cc1cc(-c2cnc(O[C@H](C)C(F)(F)F)c(F)c2)cc2ccnn12. The summed E-state index contributed by atoms with van der Waals surface area (Å²) in [5.74, 6) is -1.62. The number of aromatic nitrogens is 3. The van der Waals surface area contributed by atoms with Crippen molar-refractivity contribution in [3.63, 3.8) is 0 Å². The van der Waals surface area contributed by atoms with Gasteiger partial charge in [0.2, 0.25) is 0 Å². The van der Waals surface area contributed by atoms with Gasteiger partial charge in [-0.05, 0) is 43.7 Å². The van der Waals surface area contributed by atoms with Crippen molar-refractivity contribution in [2.45, 2.75) is 26.1 Å². The van der Waals surface area contributed by atoms with Gasteiger partial charge in [0.25, 0.3) is 5.88 Å². The Morgan fingerprint density at radius 3 is 2.58 bits per heavy atom. The number of alkyl halides is 3. The highest BCUT2D eigenvalue weighted by Gasteiger charge is 2.38. The maximum Gasteiger partial charge on any atom is 0.425 e. The predicted octanol–water partition coefficient (Wildman–Crippen LogP) is 4.17. The number of rotatable bonds is 3. The Bertz CT molecular complexity index is 889. The molecule has 24 heavy (non-hydrogen) atoms. The van der Waals surface area contributed by atoms with Crippen molar-refractivity contribution in [1.82, 2.24) is 14.6 Å². The highest BCUT2D eigenvalue weighted by molar-refractivity contribution is 5.69. The lowest BCUT2D eigenvalue weighted by Gasteiger charge is -2.17. The van der Waals surface area contributed by atoms with Crippen molar-refractivity contribution in [2.24, 2.45) is 0 Å². The summed E-state index contributed by atoms with van der Waals surface area (Å²) in [6.07, 6.45) is -3.81. The van der Waals surface area contributed by atoms with Crippen molar-refractivity contribution >= 4 is 5.52 Å². The fourth-order valence-electron chi connectivity index (χ4n) is 2.28. The molecule has 0 saturated heterocycles. The maximum atomic E-state index is 14.1. The van der Waals surface area contributed by atoms with Crippen molar-refractivity contribution in [3.05, 3.63) is 48.2 Å². The summed E-state index contributed by atoms with van der Waals surface area (Å²) in [5.41, 5.74) is 2.77. The van der Waals surface area contributed by atoms with Crippen LogP contribution in [0.15, 0.2) is 36.7 Å². The second-order valence-corrected chi connectivity index (χ2v) is 5.37. The van der Waals surface area contributed by atoms with E-state index < -0.39 is 24.0 Å². The second kappa shape index (κ2) is 5.77. The van der Waals surface area contributed by atoms with Gasteiger partial charge in [0.05, 0.1) is 5.52 Å². The number of aryl methyl sites for hydroxylation is 1.